The maximum atomic E-state index is 14.2. The van der Waals surface area contributed by atoms with E-state index >= 15 is 0 Å². The van der Waals surface area contributed by atoms with Gasteiger partial charge >= 0.3 is 12.3 Å². The van der Waals surface area contributed by atoms with Gasteiger partial charge in [-0.05, 0) is 39.0 Å². The highest BCUT2D eigenvalue weighted by Crippen LogP contribution is 2.34. The first-order valence-electron chi connectivity index (χ1n) is 11.5. The summed E-state index contributed by atoms with van der Waals surface area (Å²) >= 11 is 0. The van der Waals surface area contributed by atoms with Crippen LogP contribution in [0.15, 0.2) is 43.0 Å². The molecule has 0 atom stereocenters. The summed E-state index contributed by atoms with van der Waals surface area (Å²) in [5.74, 6) is -2.00. The van der Waals surface area contributed by atoms with Gasteiger partial charge in [0.15, 0.2) is 23.1 Å². The zero-order valence-corrected chi connectivity index (χ0v) is 21.4. The molecule has 17 heteroatoms. The van der Waals surface area contributed by atoms with Crippen molar-refractivity contribution in [2.75, 3.05) is 10.6 Å². The number of aromatic nitrogens is 7. The van der Waals surface area contributed by atoms with Crippen LogP contribution in [0.2, 0.25) is 0 Å². The molecule has 2 N–H and O–H groups in total. The summed E-state index contributed by atoms with van der Waals surface area (Å²) in [6.07, 6.45) is -1.58. The molecule has 0 aromatic carbocycles. The highest BCUT2D eigenvalue weighted by atomic mass is 19.4. The molecule has 4 aromatic rings. The predicted molar refractivity (Wildman–Crippen MR) is 133 cm³/mol. The minimum atomic E-state index is -5.09. The van der Waals surface area contributed by atoms with Crippen molar-refractivity contribution in [3.63, 3.8) is 0 Å². The van der Waals surface area contributed by atoms with Crippen molar-refractivity contribution in [3.05, 3.63) is 65.4 Å². The second-order valence-electron chi connectivity index (χ2n) is 9.10. The monoisotopic (exact) mass is 565 g/mol. The van der Waals surface area contributed by atoms with E-state index in [2.05, 4.69) is 35.9 Å². The number of hydrogen-bond donors (Lipinski definition) is 2. The van der Waals surface area contributed by atoms with Crippen molar-refractivity contribution in [2.24, 2.45) is 0 Å². The number of anilines is 2. The first-order valence-corrected chi connectivity index (χ1v) is 11.5. The third-order valence-electron chi connectivity index (χ3n) is 4.97. The SMILES string of the molecule is CC(C)(C)OC(=O)Nc1nc(-n2ncc(C(=O)Nc3cnc(-n4nccn4)c(C#N)c3)c2C(F)(F)F)ccc1C#N. The lowest BCUT2D eigenvalue weighted by Crippen LogP contribution is -2.28. The summed E-state index contributed by atoms with van der Waals surface area (Å²) in [5, 5.41) is 34.7. The number of alkyl halides is 3. The molecule has 0 aliphatic rings. The van der Waals surface area contributed by atoms with Crippen LogP contribution in [-0.4, -0.2) is 52.3 Å². The summed E-state index contributed by atoms with van der Waals surface area (Å²) in [6, 6.07) is 7.01. The number of nitrogens with one attached hydrogen (secondary N) is 2. The molecule has 0 spiro atoms. The molecule has 0 aliphatic heterocycles. The van der Waals surface area contributed by atoms with E-state index in [0.717, 1.165) is 23.1 Å². The van der Waals surface area contributed by atoms with Crippen molar-refractivity contribution < 1.29 is 27.5 Å². The summed E-state index contributed by atoms with van der Waals surface area (Å²) in [7, 11) is 0. The van der Waals surface area contributed by atoms with Gasteiger partial charge in [-0.15, -0.1) is 4.80 Å². The molecular weight excluding hydrogens is 547 g/mol. The Morgan fingerprint density at radius 1 is 0.976 bits per heavy atom. The molecule has 4 heterocycles. The van der Waals surface area contributed by atoms with Gasteiger partial charge in [0.1, 0.15) is 23.3 Å². The number of ether oxygens (including phenoxy) is 1. The van der Waals surface area contributed by atoms with Gasteiger partial charge in [-0.25, -0.2) is 19.4 Å². The average Bonchev–Trinajstić information content (AvgIpc) is 3.58. The van der Waals surface area contributed by atoms with E-state index < -0.39 is 40.9 Å². The molecule has 0 saturated heterocycles. The molecule has 14 nitrogen and oxygen atoms in total. The van der Waals surface area contributed by atoms with Crippen LogP contribution in [0.25, 0.3) is 11.6 Å². The Bertz CT molecular complexity index is 1710. The van der Waals surface area contributed by atoms with E-state index in [4.69, 9.17) is 4.74 Å². The smallest absolute Gasteiger partial charge is 0.434 e. The number of nitrogens with zero attached hydrogens (tertiary/aromatic N) is 9. The van der Waals surface area contributed by atoms with E-state index in [-0.39, 0.29) is 28.5 Å². The van der Waals surface area contributed by atoms with Gasteiger partial charge in [-0.3, -0.25) is 10.1 Å². The van der Waals surface area contributed by atoms with Gasteiger partial charge in [0, 0.05) is 0 Å². The second-order valence-corrected chi connectivity index (χ2v) is 9.10. The number of carbonyl (C=O) groups excluding carboxylic acids is 2. The number of nitriles is 2. The quantitative estimate of drug-likeness (QED) is 0.362. The van der Waals surface area contributed by atoms with Crippen LogP contribution in [-0.2, 0) is 10.9 Å². The van der Waals surface area contributed by atoms with Crippen molar-refractivity contribution in [1.29, 1.82) is 10.5 Å². The van der Waals surface area contributed by atoms with E-state index in [0.29, 0.717) is 10.9 Å². The molecule has 0 aliphatic carbocycles. The van der Waals surface area contributed by atoms with Crippen LogP contribution in [0.3, 0.4) is 0 Å². The minimum absolute atomic E-state index is 0.0435. The average molecular weight is 565 g/mol. The minimum Gasteiger partial charge on any atom is -0.444 e. The fourth-order valence-electron chi connectivity index (χ4n) is 3.40. The van der Waals surface area contributed by atoms with Crippen molar-refractivity contribution in [3.8, 4) is 23.8 Å². The lowest BCUT2D eigenvalue weighted by Gasteiger charge is -2.20. The Morgan fingerprint density at radius 3 is 2.27 bits per heavy atom. The standard InChI is InChI=1S/C24H18F3N11O3/c1-23(2,3)41-22(40)36-19-13(9-28)4-5-17(35-19)37-18(24(25,26)27)16(12-33-37)21(39)34-15-8-14(10-29)20(30-11-15)38-31-6-7-32-38/h4-8,11-12H,1-3H3,(H,34,39)(H,35,36,40). The fourth-order valence-corrected chi connectivity index (χ4v) is 3.40. The molecule has 0 fully saturated rings. The Balaban J connectivity index is 1.68. The fraction of sp³-hybridized carbons (Fsp3) is 0.208. The number of halogens is 3. The van der Waals surface area contributed by atoms with Crippen LogP contribution >= 0.6 is 0 Å². The Kier molecular flexibility index (Phi) is 7.38. The van der Waals surface area contributed by atoms with E-state index in [1.165, 1.54) is 18.5 Å². The Hall–Kier alpha value is -5.84. The maximum absolute atomic E-state index is 14.2. The molecule has 4 rings (SSSR count). The summed E-state index contributed by atoms with van der Waals surface area (Å²) in [4.78, 5) is 34.2. The zero-order valence-electron chi connectivity index (χ0n) is 21.4. The number of carbonyl (C=O) groups is 2. The van der Waals surface area contributed by atoms with Crippen molar-refractivity contribution in [1.82, 2.24) is 34.7 Å². The molecule has 0 unspecified atom stereocenters. The molecule has 2 amide bonds. The maximum Gasteiger partial charge on any atom is 0.434 e. The van der Waals surface area contributed by atoms with Gasteiger partial charge in [-0.1, -0.05) is 0 Å². The first kappa shape index (κ1) is 28.2. The van der Waals surface area contributed by atoms with Gasteiger partial charge in [-0.2, -0.15) is 39.0 Å². The third kappa shape index (κ3) is 6.25. The third-order valence-corrected chi connectivity index (χ3v) is 4.97. The van der Waals surface area contributed by atoms with Crippen molar-refractivity contribution in [2.45, 2.75) is 32.5 Å². The lowest BCUT2D eigenvalue weighted by atomic mass is 10.2. The topological polar surface area (TPSA) is 189 Å². The van der Waals surface area contributed by atoms with E-state index in [1.807, 2.05) is 6.07 Å². The molecule has 4 aromatic heterocycles. The summed E-state index contributed by atoms with van der Waals surface area (Å²) in [6.45, 7) is 4.78. The number of rotatable bonds is 5. The second kappa shape index (κ2) is 10.7. The molecular formula is C24H18F3N11O3. The lowest BCUT2D eigenvalue weighted by molar-refractivity contribution is -0.143. The molecule has 41 heavy (non-hydrogen) atoms. The zero-order chi connectivity index (χ0) is 29.9. The van der Waals surface area contributed by atoms with Gasteiger partial charge in [0.25, 0.3) is 5.91 Å². The molecule has 208 valence electrons. The van der Waals surface area contributed by atoms with Crippen molar-refractivity contribution >= 4 is 23.5 Å². The van der Waals surface area contributed by atoms with Gasteiger partial charge in [0.2, 0.25) is 0 Å². The molecule has 0 bridgehead atoms. The van der Waals surface area contributed by atoms with Gasteiger partial charge < -0.3 is 10.1 Å². The number of pyridine rings is 2. The van der Waals surface area contributed by atoms with Crippen LogP contribution in [0, 0.1) is 22.7 Å². The van der Waals surface area contributed by atoms with Crippen LogP contribution < -0.4 is 10.6 Å². The highest BCUT2D eigenvalue weighted by molar-refractivity contribution is 6.05. The van der Waals surface area contributed by atoms with E-state index in [1.54, 1.807) is 26.8 Å². The Labute approximate surface area is 229 Å². The summed E-state index contributed by atoms with van der Waals surface area (Å²) in [5.41, 5.74) is -3.56. The van der Waals surface area contributed by atoms with E-state index in [9.17, 15) is 33.3 Å². The largest absolute Gasteiger partial charge is 0.444 e. The molecule has 0 radical (unpaired) electrons. The summed E-state index contributed by atoms with van der Waals surface area (Å²) < 4.78 is 48.1. The van der Waals surface area contributed by atoms with Gasteiger partial charge in [0.05, 0.1) is 41.6 Å². The highest BCUT2D eigenvalue weighted by Gasteiger charge is 2.41. The first-order chi connectivity index (χ1) is 19.3. The van der Waals surface area contributed by atoms with Crippen LogP contribution in [0.5, 0.6) is 0 Å². The Morgan fingerprint density at radius 2 is 1.66 bits per heavy atom. The van der Waals surface area contributed by atoms with Crippen LogP contribution in [0.1, 0.15) is 48.0 Å². The number of hydrogen-bond acceptors (Lipinski definition) is 10. The number of amides is 2. The molecule has 0 saturated carbocycles. The normalized spacial score (nSPS) is 11.3. The predicted octanol–water partition coefficient (Wildman–Crippen LogP) is 3.60. The van der Waals surface area contributed by atoms with Crippen LogP contribution in [0.4, 0.5) is 29.5 Å².